The number of methoxy groups -OCH3 is 1. The van der Waals surface area contributed by atoms with E-state index in [1.54, 1.807) is 0 Å². The second-order valence-electron chi connectivity index (χ2n) is 4.25. The molecule has 1 aromatic carbocycles. The number of ether oxygens (including phenoxy) is 1. The van der Waals surface area contributed by atoms with Crippen molar-refractivity contribution in [1.29, 1.82) is 0 Å². The molecule has 0 saturated carbocycles. The summed E-state index contributed by atoms with van der Waals surface area (Å²) in [5, 5.41) is 11.6. The lowest BCUT2D eigenvalue weighted by atomic mass is 9.97. The van der Waals surface area contributed by atoms with Gasteiger partial charge in [0.05, 0.1) is 7.11 Å². The average molecular weight is 332 g/mol. The number of rotatable bonds is 5. The molecule has 22 heavy (non-hydrogen) atoms. The van der Waals surface area contributed by atoms with E-state index in [1.165, 1.54) is 12.4 Å². The minimum absolute atomic E-state index is 0.199. The lowest BCUT2D eigenvalue weighted by molar-refractivity contribution is -0.511. The molecular formula is C11H10F6N2O3. The van der Waals surface area contributed by atoms with Crippen molar-refractivity contribution in [2.75, 3.05) is 19.0 Å². The van der Waals surface area contributed by atoms with E-state index in [9.17, 15) is 36.5 Å². The van der Waals surface area contributed by atoms with Gasteiger partial charge in [-0.1, -0.05) is 0 Å². The maximum Gasteiger partial charge on any atom is 0.427 e. The van der Waals surface area contributed by atoms with Crippen LogP contribution in [0.4, 0.5) is 32.0 Å². The summed E-state index contributed by atoms with van der Waals surface area (Å²) in [6.07, 6.45) is -11.9. The Bertz CT molecular complexity index is 512. The number of alkyl halides is 6. The Morgan fingerprint density at radius 2 is 1.55 bits per heavy atom. The van der Waals surface area contributed by atoms with Crippen molar-refractivity contribution in [3.05, 3.63) is 34.4 Å². The summed E-state index contributed by atoms with van der Waals surface area (Å²) in [6, 6.07) is 4.02. The molecule has 0 bridgehead atoms. The summed E-state index contributed by atoms with van der Waals surface area (Å²) in [4.78, 5) is 8.68. The van der Waals surface area contributed by atoms with Crippen molar-refractivity contribution >= 4 is 5.69 Å². The van der Waals surface area contributed by atoms with Crippen molar-refractivity contribution in [3.63, 3.8) is 0 Å². The van der Waals surface area contributed by atoms with Gasteiger partial charge in [0.2, 0.25) is 6.54 Å². The van der Waals surface area contributed by atoms with E-state index < -0.39 is 35.0 Å². The summed E-state index contributed by atoms with van der Waals surface area (Å²) in [7, 11) is 1.25. The van der Waals surface area contributed by atoms with Crippen LogP contribution in [-0.4, -0.2) is 36.5 Å². The van der Waals surface area contributed by atoms with Crippen LogP contribution in [-0.2, 0) is 0 Å². The first-order chi connectivity index (χ1) is 9.93. The molecule has 11 heteroatoms. The van der Waals surface area contributed by atoms with Gasteiger partial charge in [0, 0.05) is 10.6 Å². The summed E-state index contributed by atoms with van der Waals surface area (Å²) >= 11 is 0. The second-order valence-corrected chi connectivity index (χ2v) is 4.25. The molecule has 5 nitrogen and oxygen atoms in total. The highest BCUT2D eigenvalue weighted by molar-refractivity contribution is 5.49. The summed E-state index contributed by atoms with van der Waals surface area (Å²) < 4.78 is 82.4. The van der Waals surface area contributed by atoms with Crippen molar-refractivity contribution < 1.29 is 36.0 Å². The number of nitrogens with zero attached hydrogens (tertiary/aromatic N) is 1. The fraction of sp³-hybridized carbons (Fsp3) is 0.455. The van der Waals surface area contributed by atoms with E-state index in [0.717, 1.165) is 24.3 Å². The number of halogens is 6. The van der Waals surface area contributed by atoms with Gasteiger partial charge in [-0.25, -0.2) is 0 Å². The average Bonchev–Trinajstić information content (AvgIpc) is 2.35. The van der Waals surface area contributed by atoms with Gasteiger partial charge in [-0.05, 0) is 24.3 Å². The van der Waals surface area contributed by atoms with Crippen molar-refractivity contribution in [2.24, 2.45) is 0 Å². The predicted octanol–water partition coefficient (Wildman–Crippen LogP) is 3.25. The zero-order valence-electron chi connectivity index (χ0n) is 11.0. The number of hydrogen-bond donors (Lipinski definition) is 1. The lowest BCUT2D eigenvalue weighted by Gasteiger charge is -2.35. The zero-order chi connectivity index (χ0) is 17.2. The Hall–Kier alpha value is -2.20. The molecule has 0 atom stereocenters. The lowest BCUT2D eigenvalue weighted by Crippen LogP contribution is -2.66. The van der Waals surface area contributed by atoms with Crippen LogP contribution in [0.5, 0.6) is 5.75 Å². The number of nitrogens with one attached hydrogen (secondary N) is 1. The van der Waals surface area contributed by atoms with Crippen LogP contribution < -0.4 is 10.1 Å². The second kappa shape index (κ2) is 5.89. The fourth-order valence-electron chi connectivity index (χ4n) is 1.64. The Kier molecular flexibility index (Phi) is 4.78. The molecule has 0 fully saturated rings. The smallest absolute Gasteiger partial charge is 0.427 e. The number of anilines is 1. The highest BCUT2D eigenvalue weighted by atomic mass is 19.4. The molecule has 1 rings (SSSR count). The Balaban J connectivity index is 3.32. The van der Waals surface area contributed by atoms with Crippen LogP contribution in [0, 0.1) is 10.1 Å². The van der Waals surface area contributed by atoms with Gasteiger partial charge in [-0.3, -0.25) is 10.1 Å². The van der Waals surface area contributed by atoms with E-state index in [0.29, 0.717) is 0 Å². The van der Waals surface area contributed by atoms with Gasteiger partial charge < -0.3 is 10.1 Å². The van der Waals surface area contributed by atoms with Crippen molar-refractivity contribution in [3.8, 4) is 5.75 Å². The van der Waals surface area contributed by atoms with Gasteiger partial charge in [0.25, 0.3) is 5.54 Å². The van der Waals surface area contributed by atoms with Crippen LogP contribution in [0.25, 0.3) is 0 Å². The SMILES string of the molecule is COc1ccc(NC(C[N+](=O)[O-])(C(F)(F)F)C(F)(F)F)cc1. The predicted molar refractivity (Wildman–Crippen MR) is 63.3 cm³/mol. The van der Waals surface area contributed by atoms with E-state index in [-0.39, 0.29) is 5.75 Å². The molecule has 0 radical (unpaired) electrons. The minimum atomic E-state index is -5.93. The first kappa shape index (κ1) is 17.9. The number of benzene rings is 1. The third-order valence-electron chi connectivity index (χ3n) is 2.78. The molecule has 0 saturated heterocycles. The van der Waals surface area contributed by atoms with Crippen LogP contribution >= 0.6 is 0 Å². The Morgan fingerprint density at radius 3 is 1.86 bits per heavy atom. The molecule has 0 spiro atoms. The van der Waals surface area contributed by atoms with Crippen molar-refractivity contribution in [1.82, 2.24) is 0 Å². The van der Waals surface area contributed by atoms with E-state index in [2.05, 4.69) is 0 Å². The molecule has 0 heterocycles. The van der Waals surface area contributed by atoms with Gasteiger partial charge in [-0.2, -0.15) is 26.3 Å². The molecule has 0 amide bonds. The third-order valence-corrected chi connectivity index (χ3v) is 2.78. The first-order valence-electron chi connectivity index (χ1n) is 5.60. The molecular weight excluding hydrogens is 322 g/mol. The molecule has 0 aliphatic rings. The Morgan fingerprint density at radius 1 is 1.09 bits per heavy atom. The van der Waals surface area contributed by atoms with Gasteiger partial charge in [0.15, 0.2) is 0 Å². The largest absolute Gasteiger partial charge is 0.497 e. The third kappa shape index (κ3) is 3.52. The minimum Gasteiger partial charge on any atom is -0.497 e. The molecule has 0 aliphatic heterocycles. The molecule has 0 unspecified atom stereocenters. The fourth-order valence-corrected chi connectivity index (χ4v) is 1.64. The normalized spacial score (nSPS) is 12.9. The van der Waals surface area contributed by atoms with E-state index in [1.807, 2.05) is 0 Å². The van der Waals surface area contributed by atoms with Gasteiger partial charge >= 0.3 is 12.4 Å². The van der Waals surface area contributed by atoms with Crippen LogP contribution in [0.1, 0.15) is 0 Å². The molecule has 124 valence electrons. The zero-order valence-corrected chi connectivity index (χ0v) is 11.0. The standard InChI is InChI=1S/C11H10F6N2O3/c1-22-8-4-2-7(3-5-8)18-9(6-19(20)21,10(12,13)14)11(15,16)17/h2-5,18H,6H2,1H3. The summed E-state index contributed by atoms with van der Waals surface area (Å²) in [5.74, 6) is 0.199. The molecule has 1 aromatic rings. The van der Waals surface area contributed by atoms with E-state index >= 15 is 0 Å². The van der Waals surface area contributed by atoms with Gasteiger partial charge in [0.1, 0.15) is 5.75 Å². The molecule has 0 aromatic heterocycles. The highest BCUT2D eigenvalue weighted by Gasteiger charge is 2.74. The maximum absolute atomic E-state index is 13.0. The Labute approximate surface area is 120 Å². The monoisotopic (exact) mass is 332 g/mol. The van der Waals surface area contributed by atoms with Crippen molar-refractivity contribution in [2.45, 2.75) is 17.9 Å². The molecule has 0 aliphatic carbocycles. The number of hydrogen-bond acceptors (Lipinski definition) is 4. The quantitative estimate of drug-likeness (QED) is 0.511. The number of nitro groups is 1. The maximum atomic E-state index is 13.0. The van der Waals surface area contributed by atoms with Gasteiger partial charge in [-0.15, -0.1) is 0 Å². The van der Waals surface area contributed by atoms with Crippen LogP contribution in [0.3, 0.4) is 0 Å². The topological polar surface area (TPSA) is 64.4 Å². The first-order valence-corrected chi connectivity index (χ1v) is 5.60. The molecule has 1 N–H and O–H groups in total. The van der Waals surface area contributed by atoms with Crippen LogP contribution in [0.15, 0.2) is 24.3 Å². The summed E-state index contributed by atoms with van der Waals surface area (Å²) in [6.45, 7) is -2.40. The highest BCUT2D eigenvalue weighted by Crippen LogP contribution is 2.45. The summed E-state index contributed by atoms with van der Waals surface area (Å²) in [5.41, 5.74) is -5.28. The van der Waals surface area contributed by atoms with Crippen LogP contribution in [0.2, 0.25) is 0 Å². The van der Waals surface area contributed by atoms with E-state index in [4.69, 9.17) is 4.74 Å².